The van der Waals surface area contributed by atoms with E-state index in [-0.39, 0.29) is 24.1 Å². The molecule has 1 saturated carbocycles. The number of aliphatic hydroxyl groups is 1. The lowest BCUT2D eigenvalue weighted by molar-refractivity contribution is 0.113. The number of hydrogen-bond acceptors (Lipinski definition) is 3. The largest absolute Gasteiger partial charge is 0.393 e. The third-order valence-corrected chi connectivity index (χ3v) is 4.73. The molecule has 2 N–H and O–H groups in total. The molecule has 1 aliphatic rings. The van der Waals surface area contributed by atoms with Crippen molar-refractivity contribution in [1.29, 1.82) is 0 Å². The maximum atomic E-state index is 12.3. The Morgan fingerprint density at radius 3 is 2.52 bits per heavy atom. The number of hydrogen-bond donors (Lipinski definition) is 2. The molecule has 0 bridgehead atoms. The van der Waals surface area contributed by atoms with Crippen LogP contribution in [0.4, 0.5) is 4.79 Å². The van der Waals surface area contributed by atoms with Gasteiger partial charge in [0.2, 0.25) is 0 Å². The first kappa shape index (κ1) is 17.8. The van der Waals surface area contributed by atoms with Crippen LogP contribution in [0.15, 0.2) is 30.3 Å². The molecule has 3 unspecified atom stereocenters. The van der Waals surface area contributed by atoms with E-state index in [9.17, 15) is 9.90 Å². The van der Waals surface area contributed by atoms with E-state index in [1.54, 1.807) is 11.9 Å². The summed E-state index contributed by atoms with van der Waals surface area (Å²) in [7, 11) is 5.83. The minimum Gasteiger partial charge on any atom is -0.393 e. The molecule has 2 amide bonds. The summed E-state index contributed by atoms with van der Waals surface area (Å²) in [5.41, 5.74) is 1.19. The van der Waals surface area contributed by atoms with E-state index < -0.39 is 0 Å². The van der Waals surface area contributed by atoms with Gasteiger partial charge in [0.25, 0.3) is 0 Å². The lowest BCUT2D eigenvalue weighted by Crippen LogP contribution is -2.44. The number of amides is 2. The van der Waals surface area contributed by atoms with Gasteiger partial charge in [0.1, 0.15) is 0 Å². The van der Waals surface area contributed by atoms with E-state index in [1.165, 1.54) is 5.56 Å². The number of likely N-dealkylation sites (N-methyl/N-ethyl adjacent to an activating group) is 1. The summed E-state index contributed by atoms with van der Waals surface area (Å²) in [6.07, 6.45) is 2.65. The van der Waals surface area contributed by atoms with Crippen molar-refractivity contribution in [3.8, 4) is 0 Å². The van der Waals surface area contributed by atoms with Crippen LogP contribution in [0.2, 0.25) is 0 Å². The minimum absolute atomic E-state index is 0.0770. The molecule has 0 radical (unpaired) electrons. The van der Waals surface area contributed by atoms with Gasteiger partial charge < -0.3 is 20.2 Å². The Hall–Kier alpha value is -1.59. The van der Waals surface area contributed by atoms with Crippen LogP contribution >= 0.6 is 0 Å². The molecular weight excluding hydrogens is 290 g/mol. The molecule has 2 rings (SSSR count). The quantitative estimate of drug-likeness (QED) is 0.844. The van der Waals surface area contributed by atoms with Gasteiger partial charge >= 0.3 is 6.03 Å². The lowest BCUT2D eigenvalue weighted by atomic mass is 10.1. The molecule has 128 valence electrons. The molecule has 1 fully saturated rings. The van der Waals surface area contributed by atoms with Crippen LogP contribution in [0.1, 0.15) is 30.9 Å². The van der Waals surface area contributed by atoms with E-state index in [4.69, 9.17) is 0 Å². The van der Waals surface area contributed by atoms with Crippen molar-refractivity contribution in [1.82, 2.24) is 15.1 Å². The van der Waals surface area contributed by atoms with Crippen LogP contribution in [-0.2, 0) is 0 Å². The maximum absolute atomic E-state index is 12.3. The van der Waals surface area contributed by atoms with Gasteiger partial charge in [0.15, 0.2) is 0 Å². The summed E-state index contributed by atoms with van der Waals surface area (Å²) in [6.45, 7) is 1.18. The highest BCUT2D eigenvalue weighted by molar-refractivity contribution is 5.73. The third kappa shape index (κ3) is 4.94. The van der Waals surface area contributed by atoms with Crippen LogP contribution in [0.5, 0.6) is 0 Å². The van der Waals surface area contributed by atoms with Crippen molar-refractivity contribution in [2.75, 3.05) is 34.2 Å². The first-order chi connectivity index (χ1) is 11.0. The lowest BCUT2D eigenvalue weighted by Gasteiger charge is -2.28. The van der Waals surface area contributed by atoms with E-state index >= 15 is 0 Å². The van der Waals surface area contributed by atoms with Crippen LogP contribution in [0, 0.1) is 5.92 Å². The zero-order valence-corrected chi connectivity index (χ0v) is 14.4. The van der Waals surface area contributed by atoms with Crippen LogP contribution < -0.4 is 5.32 Å². The molecule has 23 heavy (non-hydrogen) atoms. The van der Waals surface area contributed by atoms with Crippen molar-refractivity contribution in [2.45, 2.75) is 31.4 Å². The average molecular weight is 319 g/mol. The highest BCUT2D eigenvalue weighted by Gasteiger charge is 2.27. The van der Waals surface area contributed by atoms with Crippen LogP contribution in [0.3, 0.4) is 0 Å². The normalized spacial score (nSPS) is 22.1. The zero-order chi connectivity index (χ0) is 16.8. The summed E-state index contributed by atoms with van der Waals surface area (Å²) in [5.74, 6) is 0.213. The summed E-state index contributed by atoms with van der Waals surface area (Å²) < 4.78 is 0. The van der Waals surface area contributed by atoms with Gasteiger partial charge in [-0.3, -0.25) is 0 Å². The molecule has 1 aliphatic carbocycles. The zero-order valence-electron chi connectivity index (χ0n) is 14.4. The average Bonchev–Trinajstić information content (AvgIpc) is 2.93. The fraction of sp³-hybridized carbons (Fsp3) is 0.611. The second-order valence-electron chi connectivity index (χ2n) is 6.71. The number of aliphatic hydroxyl groups excluding tert-OH is 1. The Labute approximate surface area is 139 Å². The number of urea groups is 1. The van der Waals surface area contributed by atoms with Crippen LogP contribution in [-0.4, -0.2) is 61.3 Å². The second-order valence-corrected chi connectivity index (χ2v) is 6.71. The molecule has 0 heterocycles. The first-order valence-electron chi connectivity index (χ1n) is 8.37. The summed E-state index contributed by atoms with van der Waals surface area (Å²) in [4.78, 5) is 16.1. The minimum atomic E-state index is -0.260. The van der Waals surface area contributed by atoms with E-state index in [0.29, 0.717) is 13.1 Å². The van der Waals surface area contributed by atoms with E-state index in [0.717, 1.165) is 19.3 Å². The molecule has 0 spiro atoms. The van der Waals surface area contributed by atoms with Gasteiger partial charge in [-0.15, -0.1) is 0 Å². The molecule has 0 aliphatic heterocycles. The number of nitrogens with one attached hydrogen (secondary N) is 1. The fourth-order valence-corrected chi connectivity index (χ4v) is 3.26. The first-order valence-corrected chi connectivity index (χ1v) is 8.37. The van der Waals surface area contributed by atoms with Gasteiger partial charge in [0, 0.05) is 26.1 Å². The van der Waals surface area contributed by atoms with Gasteiger partial charge in [-0.2, -0.15) is 0 Å². The van der Waals surface area contributed by atoms with Gasteiger partial charge in [0.05, 0.1) is 12.1 Å². The standard InChI is InChI=1S/C18H29N3O2/c1-20(2)16(14-8-5-4-6-9-14)12-19-18(23)21(3)13-15-10-7-11-17(15)22/h4-6,8-9,15-17,22H,7,10-13H2,1-3H3,(H,19,23). The molecule has 5 heteroatoms. The predicted octanol–water partition coefficient (Wildman–Crippen LogP) is 2.09. The van der Waals surface area contributed by atoms with Crippen molar-refractivity contribution in [2.24, 2.45) is 5.92 Å². The number of carbonyl (C=O) groups excluding carboxylic acids is 1. The molecule has 1 aromatic rings. The van der Waals surface area contributed by atoms with E-state index in [2.05, 4.69) is 22.3 Å². The maximum Gasteiger partial charge on any atom is 0.317 e. The van der Waals surface area contributed by atoms with E-state index in [1.807, 2.05) is 32.3 Å². The Bertz CT molecular complexity index is 492. The smallest absolute Gasteiger partial charge is 0.317 e. The summed E-state index contributed by atoms with van der Waals surface area (Å²) in [6, 6.07) is 10.3. The Morgan fingerprint density at radius 2 is 1.96 bits per heavy atom. The monoisotopic (exact) mass is 319 g/mol. The Morgan fingerprint density at radius 1 is 1.26 bits per heavy atom. The second kappa shape index (κ2) is 8.31. The molecule has 0 saturated heterocycles. The third-order valence-electron chi connectivity index (χ3n) is 4.73. The van der Waals surface area contributed by atoms with Crippen molar-refractivity contribution >= 4 is 6.03 Å². The molecule has 3 atom stereocenters. The Kier molecular flexibility index (Phi) is 6.42. The molecule has 1 aromatic carbocycles. The highest BCUT2D eigenvalue weighted by atomic mass is 16.3. The van der Waals surface area contributed by atoms with Gasteiger partial charge in [-0.25, -0.2) is 4.79 Å². The van der Waals surface area contributed by atoms with Crippen LogP contribution in [0.25, 0.3) is 0 Å². The number of benzene rings is 1. The number of nitrogens with zero attached hydrogens (tertiary/aromatic N) is 2. The highest BCUT2D eigenvalue weighted by Crippen LogP contribution is 2.26. The van der Waals surface area contributed by atoms with Gasteiger partial charge in [-0.05, 0) is 32.5 Å². The molecule has 0 aromatic heterocycles. The SMILES string of the molecule is CN(CC1CCCC1O)C(=O)NCC(c1ccccc1)N(C)C. The van der Waals surface area contributed by atoms with Crippen molar-refractivity contribution < 1.29 is 9.90 Å². The van der Waals surface area contributed by atoms with Gasteiger partial charge in [-0.1, -0.05) is 36.8 Å². The fourth-order valence-electron chi connectivity index (χ4n) is 3.26. The number of rotatable bonds is 6. The predicted molar refractivity (Wildman–Crippen MR) is 92.2 cm³/mol. The summed E-state index contributed by atoms with van der Waals surface area (Å²) >= 11 is 0. The summed E-state index contributed by atoms with van der Waals surface area (Å²) in [5, 5.41) is 12.9. The molecule has 5 nitrogen and oxygen atoms in total. The number of carbonyl (C=O) groups is 1. The topological polar surface area (TPSA) is 55.8 Å². The molecular formula is C18H29N3O2. The Balaban J connectivity index is 1.86. The van der Waals surface area contributed by atoms with Crippen molar-refractivity contribution in [3.05, 3.63) is 35.9 Å². The van der Waals surface area contributed by atoms with Crippen molar-refractivity contribution in [3.63, 3.8) is 0 Å².